The molecule has 2 aromatic rings. The van der Waals surface area contributed by atoms with Crippen LogP contribution in [0.3, 0.4) is 0 Å². The molecule has 126 valence electrons. The van der Waals surface area contributed by atoms with E-state index in [0.717, 1.165) is 24.0 Å². The SMILES string of the molecule is Cc1ccc(-c2nnc(CCC(=O)NCC(=O)NC3CC3)o2)cc1. The molecule has 0 radical (unpaired) electrons. The van der Waals surface area contributed by atoms with Crippen molar-refractivity contribution in [2.24, 2.45) is 0 Å². The first-order chi connectivity index (χ1) is 11.6. The highest BCUT2D eigenvalue weighted by atomic mass is 16.4. The van der Waals surface area contributed by atoms with Crippen LogP contribution in [0.1, 0.15) is 30.7 Å². The number of nitrogens with zero attached hydrogens (tertiary/aromatic N) is 2. The zero-order chi connectivity index (χ0) is 16.9. The largest absolute Gasteiger partial charge is 0.421 e. The predicted octanol–water partition coefficient (Wildman–Crippen LogP) is 1.37. The fraction of sp³-hybridized carbons (Fsp3) is 0.412. The summed E-state index contributed by atoms with van der Waals surface area (Å²) in [6.07, 6.45) is 2.60. The van der Waals surface area contributed by atoms with E-state index in [4.69, 9.17) is 4.42 Å². The summed E-state index contributed by atoms with van der Waals surface area (Å²) < 4.78 is 5.56. The molecule has 24 heavy (non-hydrogen) atoms. The Kier molecular flexibility index (Phi) is 4.88. The van der Waals surface area contributed by atoms with Crippen LogP contribution in [0, 0.1) is 6.92 Å². The van der Waals surface area contributed by atoms with Gasteiger partial charge in [-0.15, -0.1) is 10.2 Å². The van der Waals surface area contributed by atoms with Crippen molar-refractivity contribution >= 4 is 11.8 Å². The van der Waals surface area contributed by atoms with E-state index in [2.05, 4.69) is 20.8 Å². The van der Waals surface area contributed by atoms with Gasteiger partial charge in [0.2, 0.25) is 23.6 Å². The Morgan fingerprint density at radius 1 is 1.17 bits per heavy atom. The van der Waals surface area contributed by atoms with Crippen LogP contribution in [0.5, 0.6) is 0 Å². The van der Waals surface area contributed by atoms with Gasteiger partial charge in [-0.3, -0.25) is 9.59 Å². The quantitative estimate of drug-likeness (QED) is 0.800. The van der Waals surface area contributed by atoms with E-state index in [-0.39, 0.29) is 24.8 Å². The number of hydrogen-bond donors (Lipinski definition) is 2. The van der Waals surface area contributed by atoms with Crippen molar-refractivity contribution in [3.63, 3.8) is 0 Å². The number of aryl methyl sites for hydroxylation is 2. The molecule has 7 nitrogen and oxygen atoms in total. The second-order valence-corrected chi connectivity index (χ2v) is 5.99. The zero-order valence-electron chi connectivity index (χ0n) is 13.5. The van der Waals surface area contributed by atoms with Gasteiger partial charge in [0.15, 0.2) is 0 Å². The van der Waals surface area contributed by atoms with E-state index < -0.39 is 0 Å². The van der Waals surface area contributed by atoms with Crippen molar-refractivity contribution in [2.45, 2.75) is 38.6 Å². The van der Waals surface area contributed by atoms with E-state index in [1.807, 2.05) is 31.2 Å². The van der Waals surface area contributed by atoms with Gasteiger partial charge >= 0.3 is 0 Å². The zero-order valence-corrected chi connectivity index (χ0v) is 13.5. The van der Waals surface area contributed by atoms with Gasteiger partial charge in [-0.2, -0.15) is 0 Å². The van der Waals surface area contributed by atoms with Gasteiger partial charge in [0.1, 0.15) is 0 Å². The molecule has 1 fully saturated rings. The third-order valence-corrected chi connectivity index (χ3v) is 3.72. The number of nitrogens with one attached hydrogen (secondary N) is 2. The van der Waals surface area contributed by atoms with Crippen molar-refractivity contribution in [3.05, 3.63) is 35.7 Å². The highest BCUT2D eigenvalue weighted by Crippen LogP contribution is 2.19. The Bertz CT molecular complexity index is 720. The maximum absolute atomic E-state index is 11.8. The Hall–Kier alpha value is -2.70. The monoisotopic (exact) mass is 328 g/mol. The van der Waals surface area contributed by atoms with Crippen molar-refractivity contribution in [3.8, 4) is 11.5 Å². The fourth-order valence-electron chi connectivity index (χ4n) is 2.16. The van der Waals surface area contributed by atoms with Crippen LogP contribution in [0.2, 0.25) is 0 Å². The molecule has 7 heteroatoms. The standard InChI is InChI=1S/C17H20N4O3/c1-11-2-4-12(5-3-11)17-21-20-16(24-17)9-8-14(22)18-10-15(23)19-13-6-7-13/h2-5,13H,6-10H2,1H3,(H,18,22)(H,19,23). The predicted molar refractivity (Wildman–Crippen MR) is 87.0 cm³/mol. The third-order valence-electron chi connectivity index (χ3n) is 3.72. The lowest BCUT2D eigenvalue weighted by Crippen LogP contribution is -2.37. The van der Waals surface area contributed by atoms with Gasteiger partial charge in [0, 0.05) is 24.4 Å². The number of benzene rings is 1. The molecule has 0 unspecified atom stereocenters. The minimum absolute atomic E-state index is 0.00772. The lowest BCUT2D eigenvalue weighted by atomic mass is 10.1. The first-order valence-corrected chi connectivity index (χ1v) is 8.05. The molecule has 1 aromatic heterocycles. The van der Waals surface area contributed by atoms with Gasteiger partial charge < -0.3 is 15.1 Å². The van der Waals surface area contributed by atoms with Gasteiger partial charge in [-0.25, -0.2) is 0 Å². The summed E-state index contributed by atoms with van der Waals surface area (Å²) in [5, 5.41) is 13.4. The molecule has 1 aliphatic rings. The van der Waals surface area contributed by atoms with Crippen molar-refractivity contribution in [2.75, 3.05) is 6.54 Å². The van der Waals surface area contributed by atoms with Crippen LogP contribution in [-0.2, 0) is 16.0 Å². The average Bonchev–Trinajstić information content (AvgIpc) is 3.25. The molecule has 0 spiro atoms. The maximum atomic E-state index is 11.8. The van der Waals surface area contributed by atoms with E-state index in [9.17, 15) is 9.59 Å². The van der Waals surface area contributed by atoms with Gasteiger partial charge in [-0.1, -0.05) is 17.7 Å². The molecule has 1 heterocycles. The minimum Gasteiger partial charge on any atom is -0.421 e. The summed E-state index contributed by atoms with van der Waals surface area (Å²) in [7, 11) is 0. The van der Waals surface area contributed by atoms with Crippen LogP contribution in [0.4, 0.5) is 0 Å². The Balaban J connectivity index is 1.43. The Morgan fingerprint density at radius 3 is 2.62 bits per heavy atom. The molecular formula is C17H20N4O3. The molecule has 0 atom stereocenters. The summed E-state index contributed by atoms with van der Waals surface area (Å²) in [5.74, 6) is 0.485. The first kappa shape index (κ1) is 16.2. The highest BCUT2D eigenvalue weighted by molar-refractivity contribution is 5.84. The topological polar surface area (TPSA) is 97.1 Å². The first-order valence-electron chi connectivity index (χ1n) is 8.05. The Morgan fingerprint density at radius 2 is 1.92 bits per heavy atom. The molecule has 1 saturated carbocycles. The fourth-order valence-corrected chi connectivity index (χ4v) is 2.16. The summed E-state index contributed by atoms with van der Waals surface area (Å²) in [6.45, 7) is 2.01. The average molecular weight is 328 g/mol. The van der Waals surface area contributed by atoms with Crippen LogP contribution in [-0.4, -0.2) is 34.6 Å². The van der Waals surface area contributed by atoms with E-state index in [1.165, 1.54) is 0 Å². The van der Waals surface area contributed by atoms with Crippen molar-refractivity contribution in [1.29, 1.82) is 0 Å². The normalized spacial score (nSPS) is 13.5. The smallest absolute Gasteiger partial charge is 0.247 e. The van der Waals surface area contributed by atoms with E-state index in [1.54, 1.807) is 0 Å². The molecule has 2 N–H and O–H groups in total. The second kappa shape index (κ2) is 7.25. The number of hydrogen-bond acceptors (Lipinski definition) is 5. The third kappa shape index (κ3) is 4.65. The molecule has 0 saturated heterocycles. The van der Waals surface area contributed by atoms with Crippen LogP contribution >= 0.6 is 0 Å². The lowest BCUT2D eigenvalue weighted by molar-refractivity contribution is -0.126. The molecule has 0 aliphatic heterocycles. The van der Waals surface area contributed by atoms with Crippen LogP contribution in [0.15, 0.2) is 28.7 Å². The minimum atomic E-state index is -0.212. The molecule has 1 aliphatic carbocycles. The summed E-state index contributed by atoms with van der Waals surface area (Å²) in [5.41, 5.74) is 2.00. The van der Waals surface area contributed by atoms with Gasteiger partial charge in [0.25, 0.3) is 0 Å². The highest BCUT2D eigenvalue weighted by Gasteiger charge is 2.23. The summed E-state index contributed by atoms with van der Waals surface area (Å²) in [4.78, 5) is 23.2. The lowest BCUT2D eigenvalue weighted by Gasteiger charge is -2.04. The maximum Gasteiger partial charge on any atom is 0.247 e. The van der Waals surface area contributed by atoms with Crippen LogP contribution in [0.25, 0.3) is 11.5 Å². The van der Waals surface area contributed by atoms with E-state index >= 15 is 0 Å². The summed E-state index contributed by atoms with van der Waals surface area (Å²) in [6, 6.07) is 8.07. The van der Waals surface area contributed by atoms with Crippen molar-refractivity contribution < 1.29 is 14.0 Å². The number of amides is 2. The number of aromatic nitrogens is 2. The molecule has 3 rings (SSSR count). The molecule has 2 amide bonds. The van der Waals surface area contributed by atoms with Crippen molar-refractivity contribution in [1.82, 2.24) is 20.8 Å². The summed E-state index contributed by atoms with van der Waals surface area (Å²) >= 11 is 0. The van der Waals surface area contributed by atoms with E-state index in [0.29, 0.717) is 24.2 Å². The number of rotatable bonds is 7. The molecule has 0 bridgehead atoms. The Labute approximate surface area is 139 Å². The van der Waals surface area contributed by atoms with Gasteiger partial charge in [-0.05, 0) is 31.9 Å². The number of carbonyl (C=O) groups excluding carboxylic acids is 2. The molecule has 1 aromatic carbocycles. The molecular weight excluding hydrogens is 308 g/mol. The van der Waals surface area contributed by atoms with Gasteiger partial charge in [0.05, 0.1) is 6.54 Å². The number of carbonyl (C=O) groups is 2. The van der Waals surface area contributed by atoms with Crippen LogP contribution < -0.4 is 10.6 Å². The second-order valence-electron chi connectivity index (χ2n) is 5.99.